The highest BCUT2D eigenvalue weighted by atomic mass is 35.5. The van der Waals surface area contributed by atoms with Crippen LogP contribution in [0.3, 0.4) is 0 Å². The first kappa shape index (κ1) is 24.1. The SMILES string of the molecule is COC(=O)c1c(NCCCNc2ccnc3cc(Cl)ccc23)noc1-c1cc2c(cc1[N+](=O)[O-])OCO2. The number of anilines is 2. The summed E-state index contributed by atoms with van der Waals surface area (Å²) in [5, 5.41) is 23.6. The van der Waals surface area contributed by atoms with Gasteiger partial charge in [0.2, 0.25) is 6.79 Å². The van der Waals surface area contributed by atoms with E-state index in [1.54, 1.807) is 18.3 Å². The van der Waals surface area contributed by atoms with Crippen LogP contribution in [0.5, 0.6) is 11.5 Å². The maximum Gasteiger partial charge on any atom is 0.345 e. The lowest BCUT2D eigenvalue weighted by Gasteiger charge is -2.10. The second kappa shape index (κ2) is 10.2. The van der Waals surface area contributed by atoms with E-state index in [4.69, 9.17) is 30.3 Å². The fraction of sp³-hybridized carbons (Fsp3) is 0.208. The highest BCUT2D eigenvalue weighted by Crippen LogP contribution is 2.44. The van der Waals surface area contributed by atoms with Crippen LogP contribution in [0.25, 0.3) is 22.2 Å². The van der Waals surface area contributed by atoms with Crippen molar-refractivity contribution in [2.24, 2.45) is 0 Å². The van der Waals surface area contributed by atoms with Crippen LogP contribution in [-0.2, 0) is 4.74 Å². The third kappa shape index (κ3) is 4.78. The van der Waals surface area contributed by atoms with Gasteiger partial charge in [0, 0.05) is 41.4 Å². The molecule has 0 spiro atoms. The topological polar surface area (TPSA) is 151 Å². The van der Waals surface area contributed by atoms with Crippen molar-refractivity contribution in [1.82, 2.24) is 10.1 Å². The molecule has 13 heteroatoms. The highest BCUT2D eigenvalue weighted by molar-refractivity contribution is 6.31. The lowest BCUT2D eigenvalue weighted by Crippen LogP contribution is -2.12. The van der Waals surface area contributed by atoms with E-state index in [0.717, 1.165) is 16.6 Å². The van der Waals surface area contributed by atoms with Crippen LogP contribution in [-0.4, -0.2) is 48.0 Å². The molecule has 0 saturated heterocycles. The molecule has 4 aromatic rings. The van der Waals surface area contributed by atoms with Gasteiger partial charge in [-0.2, -0.15) is 0 Å². The van der Waals surface area contributed by atoms with Gasteiger partial charge < -0.3 is 29.4 Å². The quantitative estimate of drug-likeness (QED) is 0.133. The van der Waals surface area contributed by atoms with Gasteiger partial charge in [-0.3, -0.25) is 15.1 Å². The van der Waals surface area contributed by atoms with Crippen molar-refractivity contribution in [3.63, 3.8) is 0 Å². The zero-order valence-corrected chi connectivity index (χ0v) is 20.2. The molecule has 37 heavy (non-hydrogen) atoms. The molecule has 0 amide bonds. The Labute approximate surface area is 214 Å². The second-order valence-corrected chi connectivity index (χ2v) is 8.37. The standard InChI is InChI=1S/C24H20ClN5O7/c1-34-24(31)21-22(15-10-19-20(36-12-35-19)11-18(15)30(32)33)37-29-23(21)28-7-2-6-26-16-5-8-27-17-9-13(25)3-4-14(16)17/h3-5,8-11H,2,6-7,12H2,1H3,(H,26,27)(H,28,29). The molecule has 190 valence electrons. The van der Waals surface area contributed by atoms with E-state index in [1.807, 2.05) is 12.1 Å². The van der Waals surface area contributed by atoms with E-state index in [1.165, 1.54) is 19.2 Å². The van der Waals surface area contributed by atoms with Crippen LogP contribution < -0.4 is 20.1 Å². The molecule has 2 aromatic heterocycles. The lowest BCUT2D eigenvalue weighted by molar-refractivity contribution is -0.384. The summed E-state index contributed by atoms with van der Waals surface area (Å²) in [6.07, 6.45) is 2.35. The number of hydrogen-bond donors (Lipinski definition) is 2. The van der Waals surface area contributed by atoms with Crippen molar-refractivity contribution >= 4 is 45.7 Å². The molecule has 0 saturated carbocycles. The van der Waals surface area contributed by atoms with Crippen LogP contribution in [0.1, 0.15) is 16.8 Å². The van der Waals surface area contributed by atoms with Gasteiger partial charge in [0.15, 0.2) is 28.6 Å². The van der Waals surface area contributed by atoms with E-state index in [-0.39, 0.29) is 40.9 Å². The Morgan fingerprint density at radius 1 is 1.16 bits per heavy atom. The van der Waals surface area contributed by atoms with Gasteiger partial charge in [-0.25, -0.2) is 4.79 Å². The largest absolute Gasteiger partial charge is 0.465 e. The zero-order valence-electron chi connectivity index (χ0n) is 19.4. The average molecular weight is 526 g/mol. The van der Waals surface area contributed by atoms with E-state index in [0.29, 0.717) is 30.3 Å². The molecule has 3 heterocycles. The van der Waals surface area contributed by atoms with Gasteiger partial charge in [0.05, 0.1) is 23.6 Å². The molecule has 1 aliphatic heterocycles. The van der Waals surface area contributed by atoms with Crippen LogP contribution in [0.4, 0.5) is 17.2 Å². The number of halogens is 1. The smallest absolute Gasteiger partial charge is 0.345 e. The number of methoxy groups -OCH3 is 1. The normalized spacial score (nSPS) is 11.9. The predicted molar refractivity (Wildman–Crippen MR) is 134 cm³/mol. The fourth-order valence-electron chi connectivity index (χ4n) is 3.94. The summed E-state index contributed by atoms with van der Waals surface area (Å²) in [5.74, 6) is -0.243. The summed E-state index contributed by atoms with van der Waals surface area (Å²) in [4.78, 5) is 28.0. The Balaban J connectivity index is 1.32. The molecule has 2 N–H and O–H groups in total. The Morgan fingerprint density at radius 2 is 1.95 bits per heavy atom. The number of rotatable bonds is 9. The predicted octanol–water partition coefficient (Wildman–Crippen LogP) is 4.88. The number of hydrogen-bond acceptors (Lipinski definition) is 11. The zero-order chi connectivity index (χ0) is 25.9. The van der Waals surface area contributed by atoms with Crippen LogP contribution >= 0.6 is 11.6 Å². The summed E-state index contributed by atoms with van der Waals surface area (Å²) < 4.78 is 20.8. The van der Waals surface area contributed by atoms with Crippen molar-refractivity contribution in [2.75, 3.05) is 37.6 Å². The Bertz CT molecular complexity index is 1510. The van der Waals surface area contributed by atoms with Gasteiger partial charge in [0.25, 0.3) is 5.69 Å². The molecule has 1 aliphatic rings. The molecule has 0 unspecified atom stereocenters. The number of carbonyl (C=O) groups excluding carboxylic acids is 1. The Morgan fingerprint density at radius 3 is 2.73 bits per heavy atom. The Hall–Kier alpha value is -4.58. The molecular formula is C24H20ClN5O7. The number of benzene rings is 2. The number of nitro benzene ring substituents is 1. The maximum absolute atomic E-state index is 12.6. The van der Waals surface area contributed by atoms with Gasteiger partial charge in [-0.1, -0.05) is 16.8 Å². The van der Waals surface area contributed by atoms with E-state index in [9.17, 15) is 14.9 Å². The monoisotopic (exact) mass is 525 g/mol. The molecule has 12 nitrogen and oxygen atoms in total. The molecule has 2 aromatic carbocycles. The molecular weight excluding hydrogens is 506 g/mol. The minimum absolute atomic E-state index is 0.0153. The molecule has 0 radical (unpaired) electrons. The lowest BCUT2D eigenvalue weighted by atomic mass is 10.1. The number of nitrogens with one attached hydrogen (secondary N) is 2. The van der Waals surface area contributed by atoms with Crippen molar-refractivity contribution in [3.05, 3.63) is 63.3 Å². The summed E-state index contributed by atoms with van der Waals surface area (Å²) in [7, 11) is 1.20. The van der Waals surface area contributed by atoms with Crippen molar-refractivity contribution in [2.45, 2.75) is 6.42 Å². The molecule has 5 rings (SSSR count). The number of nitro groups is 1. The molecule has 0 atom stereocenters. The van der Waals surface area contributed by atoms with Crippen LogP contribution in [0.15, 0.2) is 47.1 Å². The van der Waals surface area contributed by atoms with Crippen molar-refractivity contribution in [1.29, 1.82) is 0 Å². The summed E-state index contributed by atoms with van der Waals surface area (Å²) in [6, 6.07) is 9.98. The second-order valence-electron chi connectivity index (χ2n) is 7.93. The minimum Gasteiger partial charge on any atom is -0.465 e. The average Bonchev–Trinajstić information content (AvgIpc) is 3.53. The number of aromatic nitrogens is 2. The molecule has 0 aliphatic carbocycles. The molecule has 0 bridgehead atoms. The summed E-state index contributed by atoms with van der Waals surface area (Å²) in [5.41, 5.74) is 1.32. The first-order chi connectivity index (χ1) is 18.0. The highest BCUT2D eigenvalue weighted by Gasteiger charge is 2.32. The maximum atomic E-state index is 12.6. The van der Waals surface area contributed by atoms with Gasteiger partial charge in [-0.15, -0.1) is 0 Å². The first-order valence-electron chi connectivity index (χ1n) is 11.1. The van der Waals surface area contributed by atoms with Gasteiger partial charge in [-0.05, 0) is 30.7 Å². The summed E-state index contributed by atoms with van der Waals surface area (Å²) >= 11 is 6.05. The molecule has 0 fully saturated rings. The van der Waals surface area contributed by atoms with Crippen molar-refractivity contribution in [3.8, 4) is 22.8 Å². The third-order valence-electron chi connectivity index (χ3n) is 5.68. The summed E-state index contributed by atoms with van der Waals surface area (Å²) in [6.45, 7) is 0.946. The first-order valence-corrected chi connectivity index (χ1v) is 11.5. The third-order valence-corrected chi connectivity index (χ3v) is 5.92. The number of nitrogens with zero attached hydrogens (tertiary/aromatic N) is 3. The number of esters is 1. The minimum atomic E-state index is -0.759. The van der Waals surface area contributed by atoms with E-state index in [2.05, 4.69) is 20.8 Å². The van der Waals surface area contributed by atoms with Crippen LogP contribution in [0.2, 0.25) is 5.02 Å². The fourth-order valence-corrected chi connectivity index (χ4v) is 4.11. The van der Waals surface area contributed by atoms with E-state index < -0.39 is 10.9 Å². The van der Waals surface area contributed by atoms with Gasteiger partial charge >= 0.3 is 5.97 Å². The van der Waals surface area contributed by atoms with Crippen molar-refractivity contribution < 1.29 is 28.5 Å². The number of ether oxygens (including phenoxy) is 3. The number of pyridine rings is 1. The van der Waals surface area contributed by atoms with Crippen LogP contribution in [0, 0.1) is 10.1 Å². The Kier molecular flexibility index (Phi) is 6.64. The van der Waals surface area contributed by atoms with Gasteiger partial charge in [0.1, 0.15) is 5.56 Å². The number of fused-ring (bicyclic) bond motifs is 2. The van der Waals surface area contributed by atoms with E-state index >= 15 is 0 Å². The number of carbonyl (C=O) groups is 1.